The summed E-state index contributed by atoms with van der Waals surface area (Å²) < 4.78 is 86.0. The van der Waals surface area contributed by atoms with Crippen LogP contribution in [0, 0.1) is 11.6 Å². The second kappa shape index (κ2) is 10.8. The van der Waals surface area contributed by atoms with Crippen molar-refractivity contribution >= 4 is 34.3 Å². The van der Waals surface area contributed by atoms with Crippen LogP contribution in [0.15, 0.2) is 36.5 Å². The summed E-state index contributed by atoms with van der Waals surface area (Å²) in [5.74, 6) is -4.61. The standard InChI is InChI=1S/C30H25ClF5N5O5/c1-28(27(37)43)12-46-25-17(28)9-20(39-24(25)16-5-6-18(32)21(31)22(16)33)29(44,30(34,35)36)11-38-26(42)13-7-14-10-41(15-3-4-15)40-23(14)19(8-13)45-2/h5-10,15,44H,3-4,11-12H2,1-2H3,(H2,37,43)(H,38,42)/t28-,29?/m0/s1. The number of amides is 2. The topological polar surface area (TPSA) is 142 Å². The number of primary amides is 1. The number of benzene rings is 2. The van der Waals surface area contributed by atoms with Gasteiger partial charge in [-0.05, 0) is 50.1 Å². The molecule has 0 radical (unpaired) electrons. The Morgan fingerprint density at radius 3 is 2.59 bits per heavy atom. The minimum Gasteiger partial charge on any atom is -0.494 e. The van der Waals surface area contributed by atoms with E-state index in [-0.39, 0.29) is 28.7 Å². The number of fused-ring (bicyclic) bond motifs is 2. The Kier molecular flexibility index (Phi) is 7.39. The molecule has 16 heteroatoms. The van der Waals surface area contributed by atoms with E-state index in [0.29, 0.717) is 10.9 Å². The van der Waals surface area contributed by atoms with Crippen LogP contribution in [0.1, 0.15) is 47.4 Å². The maximum absolute atomic E-state index is 15.2. The molecule has 2 aliphatic rings. The maximum Gasteiger partial charge on any atom is 0.424 e. The molecule has 1 fully saturated rings. The summed E-state index contributed by atoms with van der Waals surface area (Å²) in [4.78, 5) is 29.6. The van der Waals surface area contributed by atoms with Crippen LogP contribution in [-0.4, -0.2) is 58.1 Å². The molecule has 1 aliphatic carbocycles. The van der Waals surface area contributed by atoms with E-state index in [4.69, 9.17) is 26.8 Å². The molecule has 2 aromatic carbocycles. The minimum absolute atomic E-state index is 0.0791. The number of methoxy groups -OCH3 is 1. The predicted octanol–water partition coefficient (Wildman–Crippen LogP) is 4.69. The fourth-order valence-electron chi connectivity index (χ4n) is 5.27. The molecule has 3 heterocycles. The van der Waals surface area contributed by atoms with E-state index in [1.807, 2.05) is 0 Å². The van der Waals surface area contributed by atoms with Gasteiger partial charge in [-0.25, -0.2) is 13.8 Å². The lowest BCUT2D eigenvalue weighted by atomic mass is 9.81. The maximum atomic E-state index is 15.2. The number of ether oxygens (including phenoxy) is 2. The second-order valence-corrected chi connectivity index (χ2v) is 11.8. The number of aromatic nitrogens is 3. The first-order chi connectivity index (χ1) is 21.6. The largest absolute Gasteiger partial charge is 0.494 e. The molecule has 1 aliphatic heterocycles. The first kappa shape index (κ1) is 31.5. The zero-order chi connectivity index (χ0) is 33.3. The summed E-state index contributed by atoms with van der Waals surface area (Å²) in [6.45, 7) is -0.621. The zero-order valence-corrected chi connectivity index (χ0v) is 24.9. The molecule has 242 valence electrons. The summed E-state index contributed by atoms with van der Waals surface area (Å²) >= 11 is 5.73. The van der Waals surface area contributed by atoms with Gasteiger partial charge < -0.3 is 25.6 Å². The van der Waals surface area contributed by atoms with E-state index in [2.05, 4.69) is 15.4 Å². The summed E-state index contributed by atoms with van der Waals surface area (Å²) in [5.41, 5.74) is -2.21. The van der Waals surface area contributed by atoms with Gasteiger partial charge in [-0.3, -0.25) is 14.3 Å². The zero-order valence-electron chi connectivity index (χ0n) is 24.1. The third kappa shape index (κ3) is 4.97. The number of aliphatic hydroxyl groups is 1. The Balaban J connectivity index is 1.43. The van der Waals surface area contributed by atoms with Crippen molar-refractivity contribution < 1.29 is 46.1 Å². The van der Waals surface area contributed by atoms with Gasteiger partial charge in [-0.15, -0.1) is 0 Å². The minimum atomic E-state index is -5.48. The highest BCUT2D eigenvalue weighted by Gasteiger charge is 2.58. The fourth-order valence-corrected chi connectivity index (χ4v) is 5.44. The number of pyridine rings is 1. The van der Waals surface area contributed by atoms with Crippen molar-refractivity contribution in [3.63, 3.8) is 0 Å². The number of halogens is 6. The molecule has 46 heavy (non-hydrogen) atoms. The highest BCUT2D eigenvalue weighted by atomic mass is 35.5. The number of nitrogens with two attached hydrogens (primary N) is 1. The Morgan fingerprint density at radius 1 is 1.24 bits per heavy atom. The molecule has 0 bridgehead atoms. The third-order valence-corrected chi connectivity index (χ3v) is 8.65. The second-order valence-electron chi connectivity index (χ2n) is 11.4. The number of hydrogen-bond acceptors (Lipinski definition) is 7. The molecule has 4 aromatic rings. The van der Waals surface area contributed by atoms with Crippen molar-refractivity contribution in [2.24, 2.45) is 5.73 Å². The fraction of sp³-hybridized carbons (Fsp3) is 0.333. The van der Waals surface area contributed by atoms with E-state index >= 15 is 4.39 Å². The van der Waals surface area contributed by atoms with Crippen LogP contribution in [0.25, 0.3) is 22.2 Å². The lowest BCUT2D eigenvalue weighted by molar-refractivity contribution is -0.265. The number of hydrogen-bond donors (Lipinski definition) is 3. The Morgan fingerprint density at radius 2 is 1.96 bits per heavy atom. The number of nitrogens with one attached hydrogen (secondary N) is 1. The molecule has 0 spiro atoms. The van der Waals surface area contributed by atoms with E-state index in [0.717, 1.165) is 31.0 Å². The van der Waals surface area contributed by atoms with Gasteiger partial charge in [0.15, 0.2) is 5.82 Å². The van der Waals surface area contributed by atoms with Crippen LogP contribution in [0.4, 0.5) is 22.0 Å². The predicted molar refractivity (Wildman–Crippen MR) is 153 cm³/mol. The normalized spacial score (nSPS) is 19.0. The summed E-state index contributed by atoms with van der Waals surface area (Å²) in [6.07, 6.45) is -1.91. The quantitative estimate of drug-likeness (QED) is 0.183. The average molecular weight is 666 g/mol. The van der Waals surface area contributed by atoms with E-state index in [1.54, 1.807) is 10.9 Å². The molecule has 2 aromatic heterocycles. The van der Waals surface area contributed by atoms with Crippen molar-refractivity contribution in [3.05, 3.63) is 70.0 Å². The van der Waals surface area contributed by atoms with Gasteiger partial charge in [-0.1, -0.05) is 11.6 Å². The first-order valence-electron chi connectivity index (χ1n) is 13.9. The number of rotatable bonds is 8. The van der Waals surface area contributed by atoms with Gasteiger partial charge in [0, 0.05) is 28.3 Å². The van der Waals surface area contributed by atoms with Crippen LogP contribution in [-0.2, 0) is 15.8 Å². The Hall–Kier alpha value is -4.50. The monoisotopic (exact) mass is 665 g/mol. The number of carbonyl (C=O) groups is 2. The lowest BCUT2D eigenvalue weighted by Crippen LogP contribution is -2.51. The van der Waals surface area contributed by atoms with Gasteiger partial charge in [0.05, 0.1) is 25.4 Å². The third-order valence-electron chi connectivity index (χ3n) is 8.30. The van der Waals surface area contributed by atoms with Crippen LogP contribution >= 0.6 is 11.6 Å². The van der Waals surface area contributed by atoms with Gasteiger partial charge in [0.1, 0.15) is 45.6 Å². The molecular formula is C30H25ClF5N5O5. The van der Waals surface area contributed by atoms with Gasteiger partial charge >= 0.3 is 6.18 Å². The molecule has 4 N–H and O–H groups in total. The van der Waals surface area contributed by atoms with Gasteiger partial charge in [-0.2, -0.15) is 18.3 Å². The molecule has 10 nitrogen and oxygen atoms in total. The van der Waals surface area contributed by atoms with Crippen molar-refractivity contribution in [2.75, 3.05) is 20.3 Å². The molecule has 1 saturated carbocycles. The first-order valence-corrected chi connectivity index (χ1v) is 14.2. The lowest BCUT2D eigenvalue weighted by Gasteiger charge is -2.31. The SMILES string of the molecule is COc1cc(C(=O)NCC(O)(c2cc3c(c(-c4ccc(F)c(Cl)c4F)n2)OC[C@]3(C)C(N)=O)C(F)(F)F)cc2cn(C3CC3)nc12. The molecule has 6 rings (SSSR count). The molecule has 2 amide bonds. The summed E-state index contributed by atoms with van der Waals surface area (Å²) in [6, 6.07) is 5.34. The van der Waals surface area contributed by atoms with Crippen molar-refractivity contribution in [1.82, 2.24) is 20.1 Å². The van der Waals surface area contributed by atoms with Crippen LogP contribution in [0.5, 0.6) is 11.5 Å². The van der Waals surface area contributed by atoms with E-state index in [1.165, 1.54) is 26.2 Å². The highest BCUT2D eigenvalue weighted by Crippen LogP contribution is 2.48. The molecular weight excluding hydrogens is 641 g/mol. The number of nitrogens with zero attached hydrogens (tertiary/aromatic N) is 3. The molecule has 1 unspecified atom stereocenters. The smallest absolute Gasteiger partial charge is 0.424 e. The van der Waals surface area contributed by atoms with Crippen LogP contribution in [0.3, 0.4) is 0 Å². The Bertz CT molecular complexity index is 1930. The van der Waals surface area contributed by atoms with Crippen molar-refractivity contribution in [3.8, 4) is 22.8 Å². The average Bonchev–Trinajstić information content (AvgIpc) is 3.68. The van der Waals surface area contributed by atoms with Gasteiger partial charge in [0.2, 0.25) is 11.5 Å². The Labute approximate surface area is 262 Å². The van der Waals surface area contributed by atoms with Crippen LogP contribution in [0.2, 0.25) is 5.02 Å². The van der Waals surface area contributed by atoms with E-state index < -0.39 is 75.8 Å². The van der Waals surface area contributed by atoms with Crippen molar-refractivity contribution in [2.45, 2.75) is 43.0 Å². The summed E-state index contributed by atoms with van der Waals surface area (Å²) in [7, 11) is 1.35. The van der Waals surface area contributed by atoms with E-state index in [9.17, 15) is 32.3 Å². The van der Waals surface area contributed by atoms with Crippen molar-refractivity contribution in [1.29, 1.82) is 0 Å². The summed E-state index contributed by atoms with van der Waals surface area (Å²) in [5, 5.41) is 17.4. The van der Waals surface area contributed by atoms with Gasteiger partial charge in [0.25, 0.3) is 5.91 Å². The van der Waals surface area contributed by atoms with Crippen LogP contribution < -0.4 is 20.5 Å². The molecule has 2 atom stereocenters. The highest BCUT2D eigenvalue weighted by molar-refractivity contribution is 6.31. The molecule has 0 saturated heterocycles. The number of alkyl halides is 3. The number of carbonyl (C=O) groups excluding carboxylic acids is 2.